The van der Waals surface area contributed by atoms with Gasteiger partial charge in [-0.05, 0) is 49.5 Å². The molecule has 1 N–H and O–H groups in total. The van der Waals surface area contributed by atoms with Crippen LogP contribution in [0.1, 0.15) is 5.56 Å². The molecule has 0 aliphatic carbocycles. The van der Waals surface area contributed by atoms with E-state index in [9.17, 15) is 0 Å². The Morgan fingerprint density at radius 2 is 1.96 bits per heavy atom. The van der Waals surface area contributed by atoms with Gasteiger partial charge in [0, 0.05) is 16.0 Å². The maximum absolute atomic E-state index is 6.09. The molecule has 0 radical (unpaired) electrons. The molecule has 23 heavy (non-hydrogen) atoms. The van der Waals surface area contributed by atoms with Gasteiger partial charge < -0.3 is 4.42 Å². The third-order valence-corrected chi connectivity index (χ3v) is 4.30. The van der Waals surface area contributed by atoms with Gasteiger partial charge in [0.05, 0.1) is 5.69 Å². The second-order valence-electron chi connectivity index (χ2n) is 5.22. The monoisotopic (exact) mass is 341 g/mol. The standard InChI is InChI=1S/C17H12ClN3OS/c1-10-13-9-11(18)7-8-14(13)22-15(10)16-19-20-17(23)21(16)12-5-3-2-4-6-12/h2-9H,1H3,(H,20,23). The van der Waals surface area contributed by atoms with E-state index < -0.39 is 0 Å². The Bertz CT molecular complexity index is 1060. The summed E-state index contributed by atoms with van der Waals surface area (Å²) in [6.45, 7) is 1.99. The van der Waals surface area contributed by atoms with Crippen LogP contribution in [0.15, 0.2) is 52.9 Å². The molecule has 0 fully saturated rings. The van der Waals surface area contributed by atoms with Gasteiger partial charge in [0.15, 0.2) is 10.5 Å². The minimum absolute atomic E-state index is 0.518. The lowest BCUT2D eigenvalue weighted by molar-refractivity contribution is 0.620. The molecule has 0 atom stereocenters. The van der Waals surface area contributed by atoms with Crippen LogP contribution >= 0.6 is 23.8 Å². The van der Waals surface area contributed by atoms with Crippen molar-refractivity contribution in [2.24, 2.45) is 0 Å². The van der Waals surface area contributed by atoms with E-state index >= 15 is 0 Å². The number of aryl methyl sites for hydroxylation is 1. The van der Waals surface area contributed by atoms with Crippen molar-refractivity contribution in [3.8, 4) is 17.3 Å². The van der Waals surface area contributed by atoms with Crippen molar-refractivity contribution in [1.82, 2.24) is 14.8 Å². The number of fused-ring (bicyclic) bond motifs is 1. The lowest BCUT2D eigenvalue weighted by Crippen LogP contribution is -1.97. The van der Waals surface area contributed by atoms with Crippen LogP contribution in [-0.2, 0) is 0 Å². The maximum atomic E-state index is 6.09. The van der Waals surface area contributed by atoms with Gasteiger partial charge >= 0.3 is 0 Å². The van der Waals surface area contributed by atoms with Crippen molar-refractivity contribution >= 4 is 34.8 Å². The minimum atomic E-state index is 0.518. The number of H-pyrrole nitrogens is 1. The van der Waals surface area contributed by atoms with Crippen molar-refractivity contribution in [2.75, 3.05) is 0 Å². The number of aromatic amines is 1. The van der Waals surface area contributed by atoms with E-state index in [-0.39, 0.29) is 0 Å². The Kier molecular flexibility index (Phi) is 3.32. The molecular weight excluding hydrogens is 330 g/mol. The fraction of sp³-hybridized carbons (Fsp3) is 0.0588. The first-order chi connectivity index (χ1) is 11.1. The highest BCUT2D eigenvalue weighted by atomic mass is 35.5. The summed E-state index contributed by atoms with van der Waals surface area (Å²) in [5.74, 6) is 1.32. The van der Waals surface area contributed by atoms with E-state index in [1.165, 1.54) is 0 Å². The second-order valence-corrected chi connectivity index (χ2v) is 6.04. The van der Waals surface area contributed by atoms with Gasteiger partial charge in [0.25, 0.3) is 0 Å². The molecule has 0 aliphatic rings. The zero-order chi connectivity index (χ0) is 16.0. The predicted octanol–water partition coefficient (Wildman–Crippen LogP) is 5.30. The van der Waals surface area contributed by atoms with E-state index in [4.69, 9.17) is 28.2 Å². The molecule has 0 saturated carbocycles. The summed E-state index contributed by atoms with van der Waals surface area (Å²) in [5, 5.41) is 8.86. The molecule has 2 aromatic carbocycles. The summed E-state index contributed by atoms with van der Waals surface area (Å²) in [7, 11) is 0. The van der Waals surface area contributed by atoms with Gasteiger partial charge in [0.2, 0.25) is 5.82 Å². The third-order valence-electron chi connectivity index (χ3n) is 3.79. The van der Waals surface area contributed by atoms with Crippen LogP contribution < -0.4 is 0 Å². The van der Waals surface area contributed by atoms with Crippen LogP contribution in [0.5, 0.6) is 0 Å². The van der Waals surface area contributed by atoms with Crippen LogP contribution in [-0.4, -0.2) is 14.8 Å². The predicted molar refractivity (Wildman–Crippen MR) is 93.7 cm³/mol. The highest BCUT2D eigenvalue weighted by molar-refractivity contribution is 7.71. The quantitative estimate of drug-likeness (QED) is 0.503. The number of nitrogens with zero attached hydrogens (tertiary/aromatic N) is 2. The van der Waals surface area contributed by atoms with Crippen molar-refractivity contribution in [2.45, 2.75) is 6.92 Å². The molecular formula is C17H12ClN3OS. The van der Waals surface area contributed by atoms with Gasteiger partial charge in [-0.15, -0.1) is 0 Å². The summed E-state index contributed by atoms with van der Waals surface area (Å²) in [4.78, 5) is 0. The number of rotatable bonds is 2. The fourth-order valence-corrected chi connectivity index (χ4v) is 3.08. The lowest BCUT2D eigenvalue weighted by atomic mass is 10.1. The molecule has 0 aliphatic heterocycles. The van der Waals surface area contributed by atoms with E-state index in [0.717, 1.165) is 22.2 Å². The zero-order valence-corrected chi connectivity index (χ0v) is 13.8. The summed E-state index contributed by atoms with van der Waals surface area (Å²) in [6.07, 6.45) is 0. The largest absolute Gasteiger partial charge is 0.452 e. The average Bonchev–Trinajstić information content (AvgIpc) is 3.09. The normalized spacial score (nSPS) is 11.2. The van der Waals surface area contributed by atoms with E-state index in [1.54, 1.807) is 0 Å². The number of furan rings is 1. The van der Waals surface area contributed by atoms with Crippen LogP contribution in [0.3, 0.4) is 0 Å². The van der Waals surface area contributed by atoms with E-state index in [1.807, 2.05) is 60.0 Å². The van der Waals surface area contributed by atoms with Crippen molar-refractivity contribution < 1.29 is 4.42 Å². The maximum Gasteiger partial charge on any atom is 0.203 e. The Labute approximate surface area is 142 Å². The molecule has 0 bridgehead atoms. The molecule has 0 spiro atoms. The first kappa shape index (κ1) is 14.2. The number of hydrogen-bond donors (Lipinski definition) is 1. The number of para-hydroxylation sites is 1. The van der Waals surface area contributed by atoms with Gasteiger partial charge in [-0.3, -0.25) is 9.67 Å². The number of nitrogens with one attached hydrogen (secondary N) is 1. The topological polar surface area (TPSA) is 46.8 Å². The highest BCUT2D eigenvalue weighted by Gasteiger charge is 2.19. The second kappa shape index (κ2) is 5.37. The summed E-state index contributed by atoms with van der Waals surface area (Å²) >= 11 is 11.5. The molecule has 4 rings (SSSR count). The van der Waals surface area contributed by atoms with E-state index in [0.29, 0.717) is 21.4 Å². The zero-order valence-electron chi connectivity index (χ0n) is 12.2. The number of aromatic nitrogens is 3. The summed E-state index contributed by atoms with van der Waals surface area (Å²) in [6, 6.07) is 15.4. The SMILES string of the molecule is Cc1c(-c2n[nH]c(=S)n2-c2ccccc2)oc2ccc(Cl)cc12. The molecule has 2 aromatic heterocycles. The Balaban J connectivity index is 2.00. The molecule has 0 saturated heterocycles. The lowest BCUT2D eigenvalue weighted by Gasteiger charge is -2.05. The molecule has 114 valence electrons. The highest BCUT2D eigenvalue weighted by Crippen LogP contribution is 2.34. The smallest absolute Gasteiger partial charge is 0.203 e. The summed E-state index contributed by atoms with van der Waals surface area (Å²) < 4.78 is 8.39. The van der Waals surface area contributed by atoms with E-state index in [2.05, 4.69) is 10.2 Å². The van der Waals surface area contributed by atoms with Crippen molar-refractivity contribution in [3.05, 3.63) is 63.9 Å². The summed E-state index contributed by atoms with van der Waals surface area (Å²) in [5.41, 5.74) is 2.68. The Morgan fingerprint density at radius 3 is 2.74 bits per heavy atom. The Hall–Kier alpha value is -2.37. The first-order valence-electron chi connectivity index (χ1n) is 7.07. The first-order valence-corrected chi connectivity index (χ1v) is 7.85. The molecule has 6 heteroatoms. The fourth-order valence-electron chi connectivity index (χ4n) is 2.67. The van der Waals surface area contributed by atoms with Crippen LogP contribution in [0.25, 0.3) is 28.2 Å². The van der Waals surface area contributed by atoms with Crippen molar-refractivity contribution in [3.63, 3.8) is 0 Å². The molecule has 2 heterocycles. The van der Waals surface area contributed by atoms with Gasteiger partial charge in [-0.1, -0.05) is 29.8 Å². The van der Waals surface area contributed by atoms with Crippen LogP contribution in [0, 0.1) is 11.7 Å². The van der Waals surface area contributed by atoms with Crippen LogP contribution in [0.2, 0.25) is 5.02 Å². The molecule has 4 aromatic rings. The average molecular weight is 342 g/mol. The number of hydrogen-bond acceptors (Lipinski definition) is 3. The van der Waals surface area contributed by atoms with Gasteiger partial charge in [-0.25, -0.2) is 0 Å². The number of halogens is 1. The molecule has 0 amide bonds. The Morgan fingerprint density at radius 1 is 1.17 bits per heavy atom. The molecule has 4 nitrogen and oxygen atoms in total. The van der Waals surface area contributed by atoms with Crippen LogP contribution in [0.4, 0.5) is 0 Å². The van der Waals surface area contributed by atoms with Gasteiger partial charge in [-0.2, -0.15) is 5.10 Å². The number of benzene rings is 2. The van der Waals surface area contributed by atoms with Crippen molar-refractivity contribution in [1.29, 1.82) is 0 Å². The minimum Gasteiger partial charge on any atom is -0.452 e. The van der Waals surface area contributed by atoms with Gasteiger partial charge in [0.1, 0.15) is 5.58 Å². The molecule has 0 unspecified atom stereocenters. The third kappa shape index (κ3) is 2.29.